The lowest BCUT2D eigenvalue weighted by Gasteiger charge is -2.25. The van der Waals surface area contributed by atoms with Crippen molar-refractivity contribution in [3.05, 3.63) is 88.1 Å². The molecule has 0 amide bonds. The van der Waals surface area contributed by atoms with Crippen LogP contribution in [0.15, 0.2) is 82.7 Å². The van der Waals surface area contributed by atoms with E-state index in [-0.39, 0.29) is 0 Å². The van der Waals surface area contributed by atoms with Crippen molar-refractivity contribution < 1.29 is 0 Å². The quantitative estimate of drug-likeness (QED) is 0.349. The molecule has 2 aromatic carbocycles. The van der Waals surface area contributed by atoms with Gasteiger partial charge in [-0.05, 0) is 42.1 Å². The minimum atomic E-state index is 0.850. The minimum Gasteiger partial charge on any atom is -0.381 e. The first-order valence-corrected chi connectivity index (χ1v) is 11.5. The number of thioether (sulfide) groups is 1. The first kappa shape index (κ1) is 18.3. The van der Waals surface area contributed by atoms with E-state index in [0.717, 1.165) is 33.9 Å². The molecule has 0 atom stereocenters. The summed E-state index contributed by atoms with van der Waals surface area (Å²) in [6, 6.07) is 23.3. The van der Waals surface area contributed by atoms with Crippen molar-refractivity contribution in [1.82, 2.24) is 4.98 Å². The summed E-state index contributed by atoms with van der Waals surface area (Å²) in [7, 11) is 0. The van der Waals surface area contributed by atoms with Crippen molar-refractivity contribution in [2.24, 2.45) is 0 Å². The van der Waals surface area contributed by atoms with Crippen LogP contribution in [0, 0.1) is 0 Å². The van der Waals surface area contributed by atoms with E-state index in [1.807, 2.05) is 0 Å². The molecule has 0 saturated heterocycles. The van der Waals surface area contributed by atoms with E-state index in [4.69, 9.17) is 4.98 Å². The van der Waals surface area contributed by atoms with Crippen molar-refractivity contribution in [2.75, 3.05) is 17.2 Å². The van der Waals surface area contributed by atoms with Crippen LogP contribution in [0.3, 0.4) is 0 Å². The average Bonchev–Trinajstić information content (AvgIpc) is 3.28. The predicted octanol–water partition coefficient (Wildman–Crippen LogP) is 6.86. The van der Waals surface area contributed by atoms with Gasteiger partial charge in [-0.25, -0.2) is 4.98 Å². The van der Waals surface area contributed by atoms with Gasteiger partial charge >= 0.3 is 0 Å². The number of benzene rings is 2. The third-order valence-electron chi connectivity index (χ3n) is 5.06. The van der Waals surface area contributed by atoms with Crippen molar-refractivity contribution in [1.29, 1.82) is 0 Å². The van der Waals surface area contributed by atoms with Crippen LogP contribution in [0.5, 0.6) is 0 Å². The fraction of sp³-hybridized carbons (Fsp3) is 0.125. The molecule has 3 heterocycles. The fourth-order valence-corrected chi connectivity index (χ4v) is 5.27. The SMILES string of the molecule is CC1=C(Nc2cc(SCc3cccs3)nc3ccccc23)c2ccccc2NC1. The summed E-state index contributed by atoms with van der Waals surface area (Å²) in [6.07, 6.45) is 0. The van der Waals surface area contributed by atoms with Gasteiger partial charge < -0.3 is 10.6 Å². The molecule has 1 aliphatic rings. The van der Waals surface area contributed by atoms with Crippen LogP contribution < -0.4 is 10.6 Å². The number of thiophene rings is 1. The number of para-hydroxylation sites is 2. The number of aromatic nitrogens is 1. The van der Waals surface area contributed by atoms with Crippen LogP contribution in [-0.2, 0) is 5.75 Å². The number of hydrogen-bond acceptors (Lipinski definition) is 5. The lowest BCUT2D eigenvalue weighted by Crippen LogP contribution is -2.16. The Balaban J connectivity index is 1.53. The van der Waals surface area contributed by atoms with E-state index >= 15 is 0 Å². The van der Waals surface area contributed by atoms with Gasteiger partial charge in [-0.2, -0.15) is 0 Å². The molecule has 0 unspecified atom stereocenters. The summed E-state index contributed by atoms with van der Waals surface area (Å²) in [6.45, 7) is 3.03. The number of hydrogen-bond donors (Lipinski definition) is 2. The molecule has 29 heavy (non-hydrogen) atoms. The molecule has 4 aromatic rings. The molecule has 3 nitrogen and oxygen atoms in total. The van der Waals surface area contributed by atoms with Crippen LogP contribution in [0.2, 0.25) is 0 Å². The monoisotopic (exact) mass is 415 g/mol. The Kier molecular flexibility index (Phi) is 5.00. The number of pyridine rings is 1. The Hall–Kier alpha value is -2.76. The number of fused-ring (bicyclic) bond motifs is 2. The maximum atomic E-state index is 4.89. The summed E-state index contributed by atoms with van der Waals surface area (Å²) < 4.78 is 0. The summed E-state index contributed by atoms with van der Waals surface area (Å²) in [5.74, 6) is 0.941. The molecule has 0 fully saturated rings. The zero-order valence-corrected chi connectivity index (χ0v) is 17.7. The van der Waals surface area contributed by atoms with Crippen molar-refractivity contribution in [3.63, 3.8) is 0 Å². The molecule has 144 valence electrons. The second-order valence-electron chi connectivity index (χ2n) is 7.07. The number of nitrogens with one attached hydrogen (secondary N) is 2. The molecule has 0 radical (unpaired) electrons. The van der Waals surface area contributed by atoms with Crippen LogP contribution in [0.1, 0.15) is 17.4 Å². The van der Waals surface area contributed by atoms with Gasteiger partial charge in [-0.15, -0.1) is 23.1 Å². The molecule has 0 spiro atoms. The van der Waals surface area contributed by atoms with Crippen LogP contribution >= 0.6 is 23.1 Å². The molecule has 5 heteroatoms. The van der Waals surface area contributed by atoms with E-state index < -0.39 is 0 Å². The number of rotatable bonds is 5. The molecule has 2 N–H and O–H groups in total. The van der Waals surface area contributed by atoms with E-state index in [9.17, 15) is 0 Å². The smallest absolute Gasteiger partial charge is 0.0991 e. The van der Waals surface area contributed by atoms with Gasteiger partial charge in [-0.3, -0.25) is 0 Å². The van der Waals surface area contributed by atoms with Crippen LogP contribution in [0.4, 0.5) is 11.4 Å². The highest BCUT2D eigenvalue weighted by Crippen LogP contribution is 2.35. The van der Waals surface area contributed by atoms with Gasteiger partial charge in [-0.1, -0.05) is 42.5 Å². The highest BCUT2D eigenvalue weighted by atomic mass is 32.2. The second-order valence-corrected chi connectivity index (χ2v) is 9.10. The highest BCUT2D eigenvalue weighted by Gasteiger charge is 2.17. The van der Waals surface area contributed by atoms with Crippen LogP contribution in [-0.4, -0.2) is 11.5 Å². The fourth-order valence-electron chi connectivity index (χ4n) is 3.58. The predicted molar refractivity (Wildman–Crippen MR) is 127 cm³/mol. The Bertz CT molecular complexity index is 1200. The van der Waals surface area contributed by atoms with E-state index in [2.05, 4.69) is 89.7 Å². The van der Waals surface area contributed by atoms with Gasteiger partial charge in [0, 0.05) is 39.5 Å². The zero-order valence-electron chi connectivity index (χ0n) is 16.1. The first-order chi connectivity index (χ1) is 14.3. The number of anilines is 2. The molecule has 2 aromatic heterocycles. The Morgan fingerprint density at radius 1 is 1.07 bits per heavy atom. The largest absolute Gasteiger partial charge is 0.381 e. The standard InChI is InChI=1S/C24H21N3S2/c1-16-14-25-20-10-4-3-9-19(20)24(16)27-22-13-23(29-15-17-7-6-12-28-17)26-21-11-5-2-8-18(21)22/h2-13,25H,14-15H2,1H3,(H,26,27). The molecule has 0 saturated carbocycles. The van der Waals surface area contributed by atoms with Crippen molar-refractivity contribution >= 4 is 51.1 Å². The maximum Gasteiger partial charge on any atom is 0.0991 e. The molecule has 1 aliphatic heterocycles. The van der Waals surface area contributed by atoms with E-state index in [1.54, 1.807) is 23.1 Å². The molecular formula is C24H21N3S2. The molecule has 5 rings (SSSR count). The average molecular weight is 416 g/mol. The summed E-state index contributed by atoms with van der Waals surface area (Å²) in [4.78, 5) is 6.26. The minimum absolute atomic E-state index is 0.850. The van der Waals surface area contributed by atoms with Gasteiger partial charge in [0.25, 0.3) is 0 Å². The molecule has 0 bridgehead atoms. The van der Waals surface area contributed by atoms with Gasteiger partial charge in [0.2, 0.25) is 0 Å². The Morgan fingerprint density at radius 2 is 1.93 bits per heavy atom. The van der Waals surface area contributed by atoms with Gasteiger partial charge in [0.1, 0.15) is 0 Å². The van der Waals surface area contributed by atoms with Crippen molar-refractivity contribution in [3.8, 4) is 0 Å². The Labute approximate surface area is 178 Å². The summed E-state index contributed by atoms with van der Waals surface area (Å²) in [5, 5.41) is 11.6. The number of nitrogens with zero attached hydrogens (tertiary/aromatic N) is 1. The third kappa shape index (κ3) is 3.76. The highest BCUT2D eigenvalue weighted by molar-refractivity contribution is 7.98. The molecule has 0 aliphatic carbocycles. The maximum absolute atomic E-state index is 4.89. The molecular weight excluding hydrogens is 394 g/mol. The lowest BCUT2D eigenvalue weighted by molar-refractivity contribution is 1.16. The topological polar surface area (TPSA) is 37.0 Å². The first-order valence-electron chi connectivity index (χ1n) is 9.63. The summed E-state index contributed by atoms with van der Waals surface area (Å²) >= 11 is 3.58. The zero-order chi connectivity index (χ0) is 19.6. The van der Waals surface area contributed by atoms with E-state index in [1.165, 1.54) is 27.4 Å². The van der Waals surface area contributed by atoms with Gasteiger partial charge in [0.15, 0.2) is 0 Å². The van der Waals surface area contributed by atoms with Gasteiger partial charge in [0.05, 0.1) is 16.2 Å². The van der Waals surface area contributed by atoms with E-state index in [0.29, 0.717) is 0 Å². The lowest BCUT2D eigenvalue weighted by atomic mass is 10.0. The van der Waals surface area contributed by atoms with Crippen LogP contribution in [0.25, 0.3) is 16.6 Å². The third-order valence-corrected chi connectivity index (χ3v) is 7.08. The normalized spacial score (nSPS) is 13.3. The summed E-state index contributed by atoms with van der Waals surface area (Å²) in [5.41, 5.74) is 7.00. The van der Waals surface area contributed by atoms with Crippen molar-refractivity contribution in [2.45, 2.75) is 17.7 Å². The Morgan fingerprint density at radius 3 is 2.83 bits per heavy atom. The second kappa shape index (κ2) is 7.93.